The third kappa shape index (κ3) is 4.01. The van der Waals surface area contributed by atoms with E-state index < -0.39 is 25.9 Å². The molecule has 0 bridgehead atoms. The third-order valence-electron chi connectivity index (χ3n) is 3.06. The lowest BCUT2D eigenvalue weighted by Gasteiger charge is -2.22. The van der Waals surface area contributed by atoms with E-state index in [1.165, 1.54) is 0 Å². The van der Waals surface area contributed by atoms with Crippen molar-refractivity contribution < 1.29 is 16.8 Å². The fraction of sp³-hybridized carbons (Fsp3) is 0.636. The van der Waals surface area contributed by atoms with Gasteiger partial charge in [0.25, 0.3) is 0 Å². The number of rotatable bonds is 5. The summed E-state index contributed by atoms with van der Waals surface area (Å²) in [6.07, 6.45) is 1.07. The van der Waals surface area contributed by atoms with Crippen molar-refractivity contribution in [1.29, 1.82) is 0 Å². The van der Waals surface area contributed by atoms with Crippen LogP contribution in [0.25, 0.3) is 0 Å². The molecule has 0 saturated carbocycles. The quantitative estimate of drug-likeness (QED) is 0.807. The van der Waals surface area contributed by atoms with Gasteiger partial charge in [-0.2, -0.15) is 0 Å². The van der Waals surface area contributed by atoms with Crippen LogP contribution in [0.5, 0.6) is 0 Å². The molecule has 1 aromatic heterocycles. The minimum atomic E-state index is -3.63. The summed E-state index contributed by atoms with van der Waals surface area (Å²) < 4.78 is 50.2. The Labute approximate surface area is 123 Å². The van der Waals surface area contributed by atoms with Crippen LogP contribution >= 0.6 is 11.3 Å². The van der Waals surface area contributed by atoms with Gasteiger partial charge in [0.1, 0.15) is 4.21 Å². The molecular weight excluding hydrogens is 320 g/mol. The molecule has 1 aliphatic rings. The smallest absolute Gasteiger partial charge is 0.250 e. The maximum atomic E-state index is 12.2. The van der Waals surface area contributed by atoms with Crippen LogP contribution in [-0.2, 0) is 26.4 Å². The summed E-state index contributed by atoms with van der Waals surface area (Å²) in [6.45, 7) is 0.601. The normalized spacial score (nSPS) is 22.8. The second kappa shape index (κ2) is 6.10. The molecule has 1 unspecified atom stereocenters. The van der Waals surface area contributed by atoms with Crippen molar-refractivity contribution in [3.63, 3.8) is 0 Å². The van der Waals surface area contributed by atoms with Gasteiger partial charge in [-0.1, -0.05) is 0 Å². The predicted molar refractivity (Wildman–Crippen MR) is 79.1 cm³/mol. The molecule has 1 aliphatic heterocycles. The van der Waals surface area contributed by atoms with Gasteiger partial charge < -0.3 is 5.32 Å². The van der Waals surface area contributed by atoms with Crippen LogP contribution in [0.2, 0.25) is 0 Å². The molecule has 2 rings (SSSR count). The van der Waals surface area contributed by atoms with E-state index in [-0.39, 0.29) is 15.7 Å². The molecule has 114 valence electrons. The molecule has 9 heteroatoms. The van der Waals surface area contributed by atoms with Gasteiger partial charge >= 0.3 is 0 Å². The summed E-state index contributed by atoms with van der Waals surface area (Å²) in [5.74, 6) is 0.0392. The first kappa shape index (κ1) is 15.9. The van der Waals surface area contributed by atoms with Gasteiger partial charge in [-0.25, -0.2) is 21.6 Å². The fourth-order valence-electron chi connectivity index (χ4n) is 2.18. The zero-order valence-corrected chi connectivity index (χ0v) is 13.6. The van der Waals surface area contributed by atoms with E-state index >= 15 is 0 Å². The summed E-state index contributed by atoms with van der Waals surface area (Å²) in [5, 5.41) is 4.73. The molecule has 6 nitrogen and oxygen atoms in total. The highest BCUT2D eigenvalue weighted by atomic mass is 32.2. The number of hydrogen-bond acceptors (Lipinski definition) is 6. The molecule has 0 amide bonds. The van der Waals surface area contributed by atoms with Gasteiger partial charge in [-0.05, 0) is 36.9 Å². The average molecular weight is 338 g/mol. The monoisotopic (exact) mass is 338 g/mol. The Bertz CT molecular complexity index is 664. The summed E-state index contributed by atoms with van der Waals surface area (Å²) >= 11 is 1.15. The van der Waals surface area contributed by atoms with Crippen molar-refractivity contribution in [3.8, 4) is 0 Å². The molecule has 1 fully saturated rings. The lowest BCUT2D eigenvalue weighted by molar-refractivity contribution is 0.518. The van der Waals surface area contributed by atoms with E-state index in [2.05, 4.69) is 10.0 Å². The molecule has 0 radical (unpaired) electrons. The first-order chi connectivity index (χ1) is 9.32. The van der Waals surface area contributed by atoms with Crippen molar-refractivity contribution in [2.75, 3.05) is 18.6 Å². The van der Waals surface area contributed by atoms with E-state index in [9.17, 15) is 16.8 Å². The van der Waals surface area contributed by atoms with Crippen LogP contribution in [0.1, 0.15) is 18.4 Å². The Morgan fingerprint density at radius 1 is 1.45 bits per heavy atom. The minimum absolute atomic E-state index is 0.110. The topological polar surface area (TPSA) is 92.3 Å². The van der Waals surface area contributed by atoms with E-state index in [1.54, 1.807) is 18.5 Å². The molecule has 0 aliphatic carbocycles. The fourth-order valence-corrected chi connectivity index (χ4v) is 6.42. The van der Waals surface area contributed by atoms with E-state index in [0.29, 0.717) is 19.4 Å². The van der Waals surface area contributed by atoms with E-state index in [4.69, 9.17) is 0 Å². The van der Waals surface area contributed by atoms with E-state index in [0.717, 1.165) is 16.9 Å². The molecule has 1 saturated heterocycles. The lowest BCUT2D eigenvalue weighted by Crippen LogP contribution is -2.42. The Morgan fingerprint density at radius 3 is 2.85 bits per heavy atom. The van der Waals surface area contributed by atoms with Crippen LogP contribution in [0, 0.1) is 0 Å². The summed E-state index contributed by atoms with van der Waals surface area (Å²) in [6, 6.07) is 1.09. The summed E-state index contributed by atoms with van der Waals surface area (Å²) in [5.41, 5.74) is 0.897. The van der Waals surface area contributed by atoms with Crippen LogP contribution in [0.4, 0.5) is 0 Å². The zero-order valence-electron chi connectivity index (χ0n) is 11.1. The molecule has 0 spiro atoms. The highest BCUT2D eigenvalue weighted by molar-refractivity contribution is 7.92. The largest absolute Gasteiger partial charge is 0.316 e. The maximum absolute atomic E-state index is 12.2. The van der Waals surface area contributed by atoms with Crippen molar-refractivity contribution >= 4 is 31.2 Å². The molecule has 20 heavy (non-hydrogen) atoms. The first-order valence-electron chi connectivity index (χ1n) is 6.27. The number of hydrogen-bond donors (Lipinski definition) is 2. The van der Waals surface area contributed by atoms with E-state index in [1.807, 2.05) is 0 Å². The molecule has 2 heterocycles. The Morgan fingerprint density at radius 2 is 2.20 bits per heavy atom. The van der Waals surface area contributed by atoms with Gasteiger partial charge in [0, 0.05) is 12.6 Å². The number of sulfonamides is 1. The number of nitrogens with one attached hydrogen (secondary N) is 2. The highest BCUT2D eigenvalue weighted by Crippen LogP contribution is 2.22. The van der Waals surface area contributed by atoms with Crippen LogP contribution in [0.15, 0.2) is 15.7 Å². The second-order valence-corrected chi connectivity index (χ2v) is 9.96. The third-order valence-corrected chi connectivity index (χ3v) is 7.89. The second-order valence-electron chi connectivity index (χ2n) is 4.88. The van der Waals surface area contributed by atoms with Crippen molar-refractivity contribution in [3.05, 3.63) is 17.0 Å². The van der Waals surface area contributed by atoms with Crippen LogP contribution in [0.3, 0.4) is 0 Å². The van der Waals surface area contributed by atoms with Gasteiger partial charge in [0.05, 0.1) is 11.5 Å². The van der Waals surface area contributed by atoms with Gasteiger partial charge in [-0.3, -0.25) is 0 Å². The predicted octanol–water partition coefficient (Wildman–Crippen LogP) is 0.323. The number of sulfone groups is 1. The average Bonchev–Trinajstić information content (AvgIpc) is 2.77. The molecule has 0 aromatic carbocycles. The van der Waals surface area contributed by atoms with Crippen molar-refractivity contribution in [1.82, 2.24) is 10.0 Å². The summed E-state index contributed by atoms with van der Waals surface area (Å²) in [4.78, 5) is 0. The minimum Gasteiger partial charge on any atom is -0.316 e. The van der Waals surface area contributed by atoms with Crippen molar-refractivity contribution in [2.45, 2.75) is 29.6 Å². The Hall–Kier alpha value is -0.480. The SMILES string of the molecule is CNCc1csc(S(=O)(=O)NC2CCCS(=O)(=O)C2)c1. The first-order valence-corrected chi connectivity index (χ1v) is 10.5. The Balaban J connectivity index is 2.10. The van der Waals surface area contributed by atoms with Crippen molar-refractivity contribution in [2.24, 2.45) is 0 Å². The zero-order chi connectivity index (χ0) is 14.8. The maximum Gasteiger partial charge on any atom is 0.250 e. The summed E-state index contributed by atoms with van der Waals surface area (Å²) in [7, 11) is -4.97. The standard InChI is InChI=1S/C11H18N2O4S3/c1-12-6-9-5-11(18-7-9)20(16,17)13-10-3-2-4-19(14,15)8-10/h5,7,10,12-13H,2-4,6,8H2,1H3. The number of thiophene rings is 1. The Kier molecular flexibility index (Phi) is 4.85. The van der Waals surface area contributed by atoms with Crippen LogP contribution in [-0.4, -0.2) is 41.4 Å². The molecular formula is C11H18N2O4S3. The molecule has 2 N–H and O–H groups in total. The van der Waals surface area contributed by atoms with Gasteiger partial charge in [0.15, 0.2) is 9.84 Å². The molecule has 1 atom stereocenters. The lowest BCUT2D eigenvalue weighted by atomic mass is 10.2. The highest BCUT2D eigenvalue weighted by Gasteiger charge is 2.29. The van der Waals surface area contributed by atoms with Crippen LogP contribution < -0.4 is 10.0 Å². The van der Waals surface area contributed by atoms with Gasteiger partial charge in [-0.15, -0.1) is 11.3 Å². The van der Waals surface area contributed by atoms with Gasteiger partial charge in [0.2, 0.25) is 10.0 Å². The molecule has 1 aromatic rings.